The number of hydrogen-bond donors (Lipinski definition) is 0. The summed E-state index contributed by atoms with van der Waals surface area (Å²) in [4.78, 5) is 11.7. The van der Waals surface area contributed by atoms with Crippen molar-refractivity contribution < 1.29 is 4.52 Å². The lowest BCUT2D eigenvalue weighted by molar-refractivity contribution is 0.233. The Hall–Kier alpha value is -2.53. The molecule has 0 fully saturated rings. The van der Waals surface area contributed by atoms with Gasteiger partial charge in [-0.05, 0) is 25.8 Å². The van der Waals surface area contributed by atoms with E-state index in [2.05, 4.69) is 46.2 Å². The first-order chi connectivity index (χ1) is 11.7. The van der Waals surface area contributed by atoms with Gasteiger partial charge in [0, 0.05) is 37.5 Å². The number of fused-ring (bicyclic) bond motifs is 1. The van der Waals surface area contributed by atoms with Gasteiger partial charge in [0.05, 0.1) is 11.4 Å². The molecule has 4 rings (SSSR count). The van der Waals surface area contributed by atoms with Crippen molar-refractivity contribution in [3.05, 3.63) is 64.8 Å². The van der Waals surface area contributed by atoms with E-state index < -0.39 is 0 Å². The second-order valence-electron chi connectivity index (χ2n) is 6.42. The molecule has 0 saturated carbocycles. The molecule has 1 aromatic carbocycles. The Bertz CT molecular complexity index is 854. The monoisotopic (exact) mass is 320 g/mol. The van der Waals surface area contributed by atoms with Crippen LogP contribution in [0.1, 0.15) is 28.3 Å². The van der Waals surface area contributed by atoms with Crippen LogP contribution in [0.4, 0.5) is 0 Å². The topological polar surface area (TPSA) is 55.1 Å². The van der Waals surface area contributed by atoms with Gasteiger partial charge in [-0.25, -0.2) is 9.97 Å². The highest BCUT2D eigenvalue weighted by Crippen LogP contribution is 2.22. The van der Waals surface area contributed by atoms with Crippen LogP contribution in [0.2, 0.25) is 0 Å². The fraction of sp³-hybridized carbons (Fsp3) is 0.316. The molecule has 24 heavy (non-hydrogen) atoms. The Morgan fingerprint density at radius 2 is 2.00 bits per heavy atom. The Labute approximate surface area is 141 Å². The first kappa shape index (κ1) is 15.0. The molecule has 1 aliphatic rings. The SMILES string of the molecule is Cc1ccc(-c2ncc3c(n2)CN(Cc2cc(C)on2)CC3)cc1. The molecular weight excluding hydrogens is 300 g/mol. The fourth-order valence-corrected chi connectivity index (χ4v) is 3.06. The van der Waals surface area contributed by atoms with Crippen molar-refractivity contribution in [2.45, 2.75) is 33.4 Å². The van der Waals surface area contributed by atoms with E-state index in [0.717, 1.165) is 54.6 Å². The lowest BCUT2D eigenvalue weighted by Gasteiger charge is -2.27. The van der Waals surface area contributed by atoms with Crippen molar-refractivity contribution in [1.82, 2.24) is 20.0 Å². The van der Waals surface area contributed by atoms with Crippen LogP contribution in [-0.2, 0) is 19.5 Å². The van der Waals surface area contributed by atoms with Gasteiger partial charge < -0.3 is 4.52 Å². The molecule has 5 heteroatoms. The van der Waals surface area contributed by atoms with E-state index in [1.54, 1.807) is 0 Å². The summed E-state index contributed by atoms with van der Waals surface area (Å²) in [6.07, 6.45) is 2.95. The van der Waals surface area contributed by atoms with Crippen LogP contribution in [0.5, 0.6) is 0 Å². The minimum absolute atomic E-state index is 0.792. The minimum atomic E-state index is 0.792. The lowest BCUT2D eigenvalue weighted by atomic mass is 10.1. The maximum absolute atomic E-state index is 5.16. The number of aromatic nitrogens is 3. The summed E-state index contributed by atoms with van der Waals surface area (Å²) < 4.78 is 5.16. The summed E-state index contributed by atoms with van der Waals surface area (Å²) in [7, 11) is 0. The molecule has 0 saturated heterocycles. The van der Waals surface area contributed by atoms with E-state index in [1.807, 2.05) is 19.2 Å². The normalized spacial score (nSPS) is 14.6. The van der Waals surface area contributed by atoms with Gasteiger partial charge in [0.1, 0.15) is 5.76 Å². The van der Waals surface area contributed by atoms with Gasteiger partial charge in [0.25, 0.3) is 0 Å². The molecule has 0 radical (unpaired) electrons. The molecule has 0 bridgehead atoms. The number of nitrogens with zero attached hydrogens (tertiary/aromatic N) is 4. The maximum Gasteiger partial charge on any atom is 0.159 e. The predicted octanol–water partition coefficient (Wildman–Crippen LogP) is 3.31. The van der Waals surface area contributed by atoms with E-state index in [-0.39, 0.29) is 0 Å². The Morgan fingerprint density at radius 3 is 2.75 bits per heavy atom. The molecule has 0 N–H and O–H groups in total. The van der Waals surface area contributed by atoms with Crippen molar-refractivity contribution in [1.29, 1.82) is 0 Å². The molecule has 1 aliphatic heterocycles. The molecule has 0 aliphatic carbocycles. The average Bonchev–Trinajstić information content (AvgIpc) is 3.00. The zero-order valence-corrected chi connectivity index (χ0v) is 14.0. The summed E-state index contributed by atoms with van der Waals surface area (Å²) in [5.74, 6) is 1.65. The van der Waals surface area contributed by atoms with E-state index in [0.29, 0.717) is 0 Å². The fourth-order valence-electron chi connectivity index (χ4n) is 3.06. The molecule has 0 unspecified atom stereocenters. The van der Waals surface area contributed by atoms with Crippen molar-refractivity contribution in [2.24, 2.45) is 0 Å². The van der Waals surface area contributed by atoms with E-state index in [4.69, 9.17) is 9.51 Å². The van der Waals surface area contributed by atoms with Crippen LogP contribution in [0, 0.1) is 13.8 Å². The van der Waals surface area contributed by atoms with Crippen molar-refractivity contribution in [2.75, 3.05) is 6.54 Å². The number of rotatable bonds is 3. The van der Waals surface area contributed by atoms with Gasteiger partial charge in [-0.2, -0.15) is 0 Å². The standard InChI is InChI=1S/C19H20N4O/c1-13-3-5-15(6-4-13)19-20-10-16-7-8-23(12-18(16)21-19)11-17-9-14(2)24-22-17/h3-6,9-10H,7-8,11-12H2,1-2H3. The first-order valence-corrected chi connectivity index (χ1v) is 8.24. The van der Waals surface area contributed by atoms with E-state index in [9.17, 15) is 0 Å². The number of hydrogen-bond acceptors (Lipinski definition) is 5. The Balaban J connectivity index is 1.55. The van der Waals surface area contributed by atoms with Gasteiger partial charge >= 0.3 is 0 Å². The number of benzene rings is 1. The summed E-state index contributed by atoms with van der Waals surface area (Å²) >= 11 is 0. The van der Waals surface area contributed by atoms with E-state index >= 15 is 0 Å². The molecule has 3 heterocycles. The molecule has 3 aromatic rings. The maximum atomic E-state index is 5.16. The molecule has 0 atom stereocenters. The summed E-state index contributed by atoms with van der Waals surface area (Å²) in [6.45, 7) is 6.61. The van der Waals surface area contributed by atoms with Gasteiger partial charge in [-0.15, -0.1) is 0 Å². The van der Waals surface area contributed by atoms with Crippen LogP contribution in [-0.4, -0.2) is 26.6 Å². The lowest BCUT2D eigenvalue weighted by Crippen LogP contribution is -2.31. The zero-order valence-electron chi connectivity index (χ0n) is 14.0. The predicted molar refractivity (Wildman–Crippen MR) is 91.3 cm³/mol. The quantitative estimate of drug-likeness (QED) is 0.741. The number of aryl methyl sites for hydroxylation is 2. The third-order valence-electron chi connectivity index (χ3n) is 4.40. The van der Waals surface area contributed by atoms with Crippen LogP contribution in [0.15, 0.2) is 41.1 Å². The Kier molecular flexibility index (Phi) is 3.86. The van der Waals surface area contributed by atoms with Crippen LogP contribution >= 0.6 is 0 Å². The van der Waals surface area contributed by atoms with Crippen LogP contribution < -0.4 is 0 Å². The van der Waals surface area contributed by atoms with Crippen molar-refractivity contribution >= 4 is 0 Å². The second-order valence-corrected chi connectivity index (χ2v) is 6.42. The smallest absolute Gasteiger partial charge is 0.159 e. The van der Waals surface area contributed by atoms with E-state index in [1.165, 1.54) is 11.1 Å². The summed E-state index contributed by atoms with van der Waals surface area (Å²) in [5, 5.41) is 4.09. The van der Waals surface area contributed by atoms with Gasteiger partial charge in [-0.3, -0.25) is 4.90 Å². The molecule has 0 spiro atoms. The molecular formula is C19H20N4O. The second kappa shape index (κ2) is 6.17. The summed E-state index contributed by atoms with van der Waals surface area (Å²) in [5.41, 5.74) is 5.65. The molecule has 5 nitrogen and oxygen atoms in total. The zero-order chi connectivity index (χ0) is 16.5. The largest absolute Gasteiger partial charge is 0.361 e. The van der Waals surface area contributed by atoms with Crippen LogP contribution in [0.3, 0.4) is 0 Å². The highest BCUT2D eigenvalue weighted by atomic mass is 16.5. The third kappa shape index (κ3) is 3.08. The highest BCUT2D eigenvalue weighted by molar-refractivity contribution is 5.55. The Morgan fingerprint density at radius 1 is 1.17 bits per heavy atom. The third-order valence-corrected chi connectivity index (χ3v) is 4.40. The van der Waals surface area contributed by atoms with Crippen molar-refractivity contribution in [3.8, 4) is 11.4 Å². The molecule has 122 valence electrons. The van der Waals surface area contributed by atoms with Crippen molar-refractivity contribution in [3.63, 3.8) is 0 Å². The van der Waals surface area contributed by atoms with Gasteiger partial charge in [0.2, 0.25) is 0 Å². The highest BCUT2D eigenvalue weighted by Gasteiger charge is 2.20. The van der Waals surface area contributed by atoms with Gasteiger partial charge in [0.15, 0.2) is 5.82 Å². The minimum Gasteiger partial charge on any atom is -0.361 e. The first-order valence-electron chi connectivity index (χ1n) is 8.24. The molecule has 2 aromatic heterocycles. The molecule has 0 amide bonds. The summed E-state index contributed by atoms with van der Waals surface area (Å²) in [6, 6.07) is 10.3. The van der Waals surface area contributed by atoms with Crippen LogP contribution in [0.25, 0.3) is 11.4 Å². The van der Waals surface area contributed by atoms with Gasteiger partial charge in [-0.1, -0.05) is 35.0 Å². The average molecular weight is 320 g/mol.